The monoisotopic (exact) mass is 498 g/mol. The highest BCUT2D eigenvalue weighted by Gasteiger charge is 2.39. The number of benzene rings is 3. The number of carbonyl (C=O) groups excluding carboxylic acids is 1. The van der Waals surface area contributed by atoms with Crippen LogP contribution in [0.5, 0.6) is 5.75 Å². The van der Waals surface area contributed by atoms with Gasteiger partial charge in [-0.05, 0) is 63.1 Å². The zero-order valence-corrected chi connectivity index (χ0v) is 20.9. The number of nitrogens with zero attached hydrogens (tertiary/aromatic N) is 1. The number of ether oxygens (including phenoxy) is 1. The normalized spacial score (nSPS) is 15.9. The van der Waals surface area contributed by atoms with Crippen molar-refractivity contribution in [1.29, 1.82) is 0 Å². The Morgan fingerprint density at radius 2 is 1.76 bits per heavy atom. The maximum Gasteiger partial charge on any atom is 0.264 e. The van der Waals surface area contributed by atoms with E-state index >= 15 is 0 Å². The van der Waals surface area contributed by atoms with Gasteiger partial charge >= 0.3 is 0 Å². The quantitative estimate of drug-likeness (QED) is 0.532. The van der Waals surface area contributed by atoms with E-state index in [1.165, 1.54) is 10.4 Å². The lowest BCUT2D eigenvalue weighted by molar-refractivity contribution is -0.129. The zero-order chi connectivity index (χ0) is 24.5. The first-order valence-electron chi connectivity index (χ1n) is 11.0. The Morgan fingerprint density at radius 3 is 2.44 bits per heavy atom. The van der Waals surface area contributed by atoms with Crippen LogP contribution in [0.2, 0.25) is 5.02 Å². The fourth-order valence-electron chi connectivity index (χ4n) is 3.99. The van der Waals surface area contributed by atoms with E-state index in [0.717, 1.165) is 11.1 Å². The number of hydrogen-bond acceptors (Lipinski definition) is 4. The Morgan fingerprint density at radius 1 is 1.09 bits per heavy atom. The van der Waals surface area contributed by atoms with Crippen LogP contribution in [0.3, 0.4) is 0 Å². The van der Waals surface area contributed by atoms with Crippen molar-refractivity contribution in [2.75, 3.05) is 10.8 Å². The Kier molecular flexibility index (Phi) is 6.60. The molecular weight excluding hydrogens is 472 g/mol. The van der Waals surface area contributed by atoms with Gasteiger partial charge in [0.05, 0.1) is 17.1 Å². The Balaban J connectivity index is 1.62. The average molecular weight is 499 g/mol. The molecule has 1 heterocycles. The Bertz CT molecular complexity index is 1290. The van der Waals surface area contributed by atoms with Crippen LogP contribution in [0.15, 0.2) is 77.7 Å². The zero-order valence-electron chi connectivity index (χ0n) is 19.3. The topological polar surface area (TPSA) is 75.7 Å². The lowest BCUT2D eigenvalue weighted by Crippen LogP contribution is -2.55. The molecule has 0 aromatic heterocycles. The second-order valence-electron chi connectivity index (χ2n) is 9.10. The number of anilines is 1. The van der Waals surface area contributed by atoms with E-state index in [4.69, 9.17) is 16.3 Å². The molecule has 0 bridgehead atoms. The van der Waals surface area contributed by atoms with Crippen molar-refractivity contribution >= 4 is 33.2 Å². The molecule has 4 rings (SSSR count). The van der Waals surface area contributed by atoms with Gasteiger partial charge in [-0.1, -0.05) is 59.6 Å². The van der Waals surface area contributed by atoms with Crippen molar-refractivity contribution in [1.82, 2.24) is 5.32 Å². The molecule has 178 valence electrons. The number of amides is 1. The molecule has 6 nitrogen and oxygen atoms in total. The summed E-state index contributed by atoms with van der Waals surface area (Å²) in [6, 6.07) is 21.2. The van der Waals surface area contributed by atoms with Crippen LogP contribution in [-0.2, 0) is 21.2 Å². The molecule has 1 unspecified atom stereocenters. The molecule has 1 aliphatic heterocycles. The molecule has 0 saturated carbocycles. The maximum atomic E-state index is 13.6. The minimum atomic E-state index is -3.95. The largest absolute Gasteiger partial charge is 0.476 e. The predicted octanol–water partition coefficient (Wildman–Crippen LogP) is 4.74. The van der Waals surface area contributed by atoms with Crippen molar-refractivity contribution in [3.05, 3.63) is 88.9 Å². The number of rotatable bonds is 6. The van der Waals surface area contributed by atoms with Gasteiger partial charge in [0, 0.05) is 10.6 Å². The third kappa shape index (κ3) is 5.21. The van der Waals surface area contributed by atoms with E-state index < -0.39 is 21.7 Å². The standard InChI is InChI=1S/C26H27ClN2O4S/c1-18-9-12-21(13-10-18)34(31,32)29-17-24(33-23-14-11-20(27)15-22(23)29)25(30)28-26(2,3)16-19-7-5-4-6-8-19/h4-15,24H,16-17H2,1-3H3,(H,28,30). The van der Waals surface area contributed by atoms with Crippen LogP contribution in [0.4, 0.5) is 5.69 Å². The maximum absolute atomic E-state index is 13.6. The Hall–Kier alpha value is -3.03. The molecule has 1 N–H and O–H groups in total. The van der Waals surface area contributed by atoms with Gasteiger partial charge in [0.2, 0.25) is 0 Å². The van der Waals surface area contributed by atoms with Crippen molar-refractivity contribution in [2.24, 2.45) is 0 Å². The lowest BCUT2D eigenvalue weighted by atomic mass is 9.94. The Labute approximate surface area is 205 Å². The number of nitrogens with one attached hydrogen (secondary N) is 1. The van der Waals surface area contributed by atoms with Gasteiger partial charge in [-0.15, -0.1) is 0 Å². The molecule has 0 fully saturated rings. The smallest absolute Gasteiger partial charge is 0.264 e. The van der Waals surface area contributed by atoms with Crippen molar-refractivity contribution in [2.45, 2.75) is 43.7 Å². The van der Waals surface area contributed by atoms with Crippen LogP contribution in [-0.4, -0.2) is 32.5 Å². The van der Waals surface area contributed by atoms with Crippen molar-refractivity contribution in [3.8, 4) is 5.75 Å². The fraction of sp³-hybridized carbons (Fsp3) is 0.269. The third-order valence-electron chi connectivity index (χ3n) is 5.64. The second-order valence-corrected chi connectivity index (χ2v) is 11.4. The first-order chi connectivity index (χ1) is 16.0. The second kappa shape index (κ2) is 9.31. The molecule has 3 aromatic rings. The van der Waals surface area contributed by atoms with E-state index in [1.807, 2.05) is 51.1 Å². The van der Waals surface area contributed by atoms with Gasteiger partial charge in [-0.2, -0.15) is 0 Å². The predicted molar refractivity (Wildman–Crippen MR) is 134 cm³/mol. The molecule has 34 heavy (non-hydrogen) atoms. The molecule has 0 aliphatic carbocycles. The summed E-state index contributed by atoms with van der Waals surface area (Å²) in [4.78, 5) is 13.4. The summed E-state index contributed by atoms with van der Waals surface area (Å²) < 4.78 is 34.3. The first kappa shape index (κ1) is 24.1. The van der Waals surface area contributed by atoms with Crippen LogP contribution in [0.25, 0.3) is 0 Å². The van der Waals surface area contributed by atoms with Gasteiger partial charge in [-0.3, -0.25) is 9.10 Å². The van der Waals surface area contributed by atoms with Gasteiger partial charge < -0.3 is 10.1 Å². The highest BCUT2D eigenvalue weighted by molar-refractivity contribution is 7.92. The summed E-state index contributed by atoms with van der Waals surface area (Å²) >= 11 is 6.17. The molecule has 0 radical (unpaired) electrons. The van der Waals surface area contributed by atoms with E-state index in [9.17, 15) is 13.2 Å². The molecule has 8 heteroatoms. The van der Waals surface area contributed by atoms with E-state index in [0.29, 0.717) is 17.1 Å². The van der Waals surface area contributed by atoms with Crippen molar-refractivity contribution < 1.29 is 17.9 Å². The molecule has 1 atom stereocenters. The molecule has 1 amide bonds. The summed E-state index contributed by atoms with van der Waals surface area (Å²) in [5.41, 5.74) is 1.77. The summed E-state index contributed by atoms with van der Waals surface area (Å²) in [6.45, 7) is 5.57. The lowest BCUT2D eigenvalue weighted by Gasteiger charge is -2.36. The van der Waals surface area contributed by atoms with E-state index in [2.05, 4.69) is 5.32 Å². The summed E-state index contributed by atoms with van der Waals surface area (Å²) in [5, 5.41) is 3.40. The summed E-state index contributed by atoms with van der Waals surface area (Å²) in [5.74, 6) is -0.0991. The third-order valence-corrected chi connectivity index (χ3v) is 7.67. The van der Waals surface area contributed by atoms with Gasteiger partial charge in [0.25, 0.3) is 15.9 Å². The molecular formula is C26H27ClN2O4S. The van der Waals surface area contributed by atoms with Gasteiger partial charge in [0.15, 0.2) is 6.10 Å². The molecule has 3 aromatic carbocycles. The number of carbonyl (C=O) groups is 1. The average Bonchev–Trinajstić information content (AvgIpc) is 2.78. The van der Waals surface area contributed by atoms with E-state index in [1.54, 1.807) is 36.4 Å². The highest BCUT2D eigenvalue weighted by Crippen LogP contribution is 2.39. The summed E-state index contributed by atoms with van der Waals surface area (Å²) in [7, 11) is -3.95. The number of sulfonamides is 1. The number of halogens is 1. The first-order valence-corrected chi connectivity index (χ1v) is 12.8. The molecule has 1 aliphatic rings. The number of hydrogen-bond donors (Lipinski definition) is 1. The fourth-order valence-corrected chi connectivity index (χ4v) is 5.62. The highest BCUT2D eigenvalue weighted by atomic mass is 35.5. The van der Waals surface area contributed by atoms with E-state index in [-0.39, 0.29) is 23.1 Å². The minimum absolute atomic E-state index is 0.134. The number of aryl methyl sites for hydroxylation is 1. The molecule has 0 spiro atoms. The van der Waals surface area contributed by atoms with Crippen LogP contribution >= 0.6 is 11.6 Å². The van der Waals surface area contributed by atoms with Crippen LogP contribution in [0.1, 0.15) is 25.0 Å². The van der Waals surface area contributed by atoms with Gasteiger partial charge in [0.1, 0.15) is 5.75 Å². The number of fused-ring (bicyclic) bond motifs is 1. The SMILES string of the molecule is Cc1ccc(S(=O)(=O)N2CC(C(=O)NC(C)(C)Cc3ccccc3)Oc3ccc(Cl)cc32)cc1. The van der Waals surface area contributed by atoms with Crippen LogP contribution in [0, 0.1) is 6.92 Å². The minimum Gasteiger partial charge on any atom is -0.476 e. The summed E-state index contributed by atoms with van der Waals surface area (Å²) in [6.07, 6.45) is -0.409. The van der Waals surface area contributed by atoms with Crippen LogP contribution < -0.4 is 14.4 Å². The van der Waals surface area contributed by atoms with Gasteiger partial charge in [-0.25, -0.2) is 8.42 Å². The van der Waals surface area contributed by atoms with Crippen molar-refractivity contribution in [3.63, 3.8) is 0 Å². The molecule has 0 saturated heterocycles.